The molecule has 0 aromatic rings. The number of hydrazine groups is 1. The van der Waals surface area contributed by atoms with Crippen LogP contribution >= 0.6 is 0 Å². The molecule has 0 bridgehead atoms. The third-order valence-electron chi connectivity index (χ3n) is 4.53. The molecule has 2 aliphatic heterocycles. The van der Waals surface area contributed by atoms with Gasteiger partial charge in [0.05, 0.1) is 0 Å². The maximum absolute atomic E-state index is 3.74. The lowest BCUT2D eigenvalue weighted by Crippen LogP contribution is -2.50. The van der Waals surface area contributed by atoms with E-state index in [-0.39, 0.29) is 0 Å². The predicted octanol–water partition coefficient (Wildman–Crippen LogP) is 2.10. The molecule has 0 amide bonds. The highest BCUT2D eigenvalue weighted by molar-refractivity contribution is 4.79. The summed E-state index contributed by atoms with van der Waals surface area (Å²) in [4.78, 5) is 2.57. The van der Waals surface area contributed by atoms with Crippen LogP contribution < -0.4 is 5.43 Å². The van der Waals surface area contributed by atoms with Crippen molar-refractivity contribution >= 4 is 0 Å². The Morgan fingerprint density at radius 1 is 1.06 bits per heavy atom. The van der Waals surface area contributed by atoms with Gasteiger partial charge in [0.2, 0.25) is 0 Å². The SMILES string of the molecule is CCN1CCC(C(C)NN2CCCCC2)CC1. The molecule has 2 fully saturated rings. The molecule has 0 saturated carbocycles. The van der Waals surface area contributed by atoms with E-state index in [1.807, 2.05) is 0 Å². The number of nitrogens with one attached hydrogen (secondary N) is 1. The van der Waals surface area contributed by atoms with E-state index in [0.717, 1.165) is 5.92 Å². The molecule has 0 aromatic carbocycles. The van der Waals surface area contributed by atoms with E-state index in [1.54, 1.807) is 0 Å². The van der Waals surface area contributed by atoms with Gasteiger partial charge in [-0.3, -0.25) is 5.43 Å². The van der Waals surface area contributed by atoms with Crippen molar-refractivity contribution in [3.8, 4) is 0 Å². The normalized spacial score (nSPS) is 27.2. The molecule has 0 aromatic heterocycles. The summed E-state index contributed by atoms with van der Waals surface area (Å²) in [5, 5.41) is 2.46. The van der Waals surface area contributed by atoms with Crippen LogP contribution in [0.15, 0.2) is 0 Å². The van der Waals surface area contributed by atoms with Crippen molar-refractivity contribution in [2.24, 2.45) is 5.92 Å². The van der Waals surface area contributed by atoms with Gasteiger partial charge in [0.15, 0.2) is 0 Å². The Morgan fingerprint density at radius 3 is 2.29 bits per heavy atom. The first-order valence-corrected chi connectivity index (χ1v) is 7.53. The van der Waals surface area contributed by atoms with Crippen molar-refractivity contribution in [2.75, 3.05) is 32.7 Å². The molecule has 3 heteroatoms. The van der Waals surface area contributed by atoms with Gasteiger partial charge in [-0.05, 0) is 58.2 Å². The summed E-state index contributed by atoms with van der Waals surface area (Å²) in [7, 11) is 0. The summed E-state index contributed by atoms with van der Waals surface area (Å²) in [6.45, 7) is 11.0. The third-order valence-corrected chi connectivity index (χ3v) is 4.53. The smallest absolute Gasteiger partial charge is 0.0216 e. The average molecular weight is 239 g/mol. The first-order chi connectivity index (χ1) is 8.29. The summed E-state index contributed by atoms with van der Waals surface area (Å²) in [6, 6.07) is 0.659. The second kappa shape index (κ2) is 6.72. The van der Waals surface area contributed by atoms with Crippen LogP contribution in [0.3, 0.4) is 0 Å². The number of hydrogen-bond donors (Lipinski definition) is 1. The van der Waals surface area contributed by atoms with Crippen LogP contribution in [0.5, 0.6) is 0 Å². The number of nitrogens with zero attached hydrogens (tertiary/aromatic N) is 2. The summed E-state index contributed by atoms with van der Waals surface area (Å²) < 4.78 is 0. The van der Waals surface area contributed by atoms with Gasteiger partial charge in [0, 0.05) is 19.1 Å². The molecule has 2 aliphatic rings. The Morgan fingerprint density at radius 2 is 1.71 bits per heavy atom. The molecule has 0 aliphatic carbocycles. The largest absolute Gasteiger partial charge is 0.304 e. The summed E-state index contributed by atoms with van der Waals surface area (Å²) >= 11 is 0. The van der Waals surface area contributed by atoms with Gasteiger partial charge in [0.1, 0.15) is 0 Å². The van der Waals surface area contributed by atoms with Crippen LogP contribution in [-0.4, -0.2) is 48.7 Å². The number of piperidine rings is 2. The lowest BCUT2D eigenvalue weighted by atomic mass is 9.90. The van der Waals surface area contributed by atoms with Crippen LogP contribution in [-0.2, 0) is 0 Å². The minimum Gasteiger partial charge on any atom is -0.304 e. The van der Waals surface area contributed by atoms with E-state index < -0.39 is 0 Å². The highest BCUT2D eigenvalue weighted by atomic mass is 15.5. The maximum Gasteiger partial charge on any atom is 0.0216 e. The van der Waals surface area contributed by atoms with Crippen LogP contribution in [0.2, 0.25) is 0 Å². The van der Waals surface area contributed by atoms with E-state index in [1.165, 1.54) is 64.8 Å². The van der Waals surface area contributed by atoms with Gasteiger partial charge in [-0.1, -0.05) is 13.3 Å². The highest BCUT2D eigenvalue weighted by Crippen LogP contribution is 2.21. The molecular formula is C14H29N3. The maximum atomic E-state index is 3.74. The molecule has 17 heavy (non-hydrogen) atoms. The van der Waals surface area contributed by atoms with Crippen LogP contribution in [0, 0.1) is 5.92 Å². The molecule has 2 saturated heterocycles. The van der Waals surface area contributed by atoms with Crippen molar-refractivity contribution in [3.05, 3.63) is 0 Å². The van der Waals surface area contributed by atoms with E-state index in [0.29, 0.717) is 6.04 Å². The summed E-state index contributed by atoms with van der Waals surface area (Å²) in [5.74, 6) is 0.875. The van der Waals surface area contributed by atoms with E-state index >= 15 is 0 Å². The molecule has 0 spiro atoms. The van der Waals surface area contributed by atoms with Crippen LogP contribution in [0.4, 0.5) is 0 Å². The molecule has 0 radical (unpaired) electrons. The molecule has 3 nitrogen and oxygen atoms in total. The fourth-order valence-corrected chi connectivity index (χ4v) is 3.19. The van der Waals surface area contributed by atoms with Gasteiger partial charge in [-0.15, -0.1) is 0 Å². The van der Waals surface area contributed by atoms with Crippen LogP contribution in [0.1, 0.15) is 46.0 Å². The zero-order valence-corrected chi connectivity index (χ0v) is 11.6. The fourth-order valence-electron chi connectivity index (χ4n) is 3.19. The van der Waals surface area contributed by atoms with Crippen molar-refractivity contribution in [2.45, 2.75) is 52.0 Å². The second-order valence-electron chi connectivity index (χ2n) is 5.74. The fraction of sp³-hybridized carbons (Fsp3) is 1.00. The standard InChI is InChI=1S/C14H29N3/c1-3-16-11-7-14(8-12-16)13(2)15-17-9-5-4-6-10-17/h13-15H,3-12H2,1-2H3. The van der Waals surface area contributed by atoms with E-state index in [2.05, 4.69) is 29.2 Å². The topological polar surface area (TPSA) is 18.5 Å². The Hall–Kier alpha value is -0.120. The predicted molar refractivity (Wildman–Crippen MR) is 72.9 cm³/mol. The van der Waals surface area contributed by atoms with E-state index in [4.69, 9.17) is 0 Å². The lowest BCUT2D eigenvalue weighted by molar-refractivity contribution is 0.0884. The number of likely N-dealkylation sites (tertiary alicyclic amines) is 1. The van der Waals surface area contributed by atoms with Crippen molar-refractivity contribution in [3.63, 3.8) is 0 Å². The minimum atomic E-state index is 0.659. The molecule has 2 rings (SSSR count). The van der Waals surface area contributed by atoms with Gasteiger partial charge in [-0.25, -0.2) is 5.01 Å². The minimum absolute atomic E-state index is 0.659. The Kier molecular flexibility index (Phi) is 5.26. The number of rotatable bonds is 4. The van der Waals surface area contributed by atoms with Crippen molar-refractivity contribution in [1.29, 1.82) is 0 Å². The number of hydrogen-bond acceptors (Lipinski definition) is 3. The molecule has 1 atom stereocenters. The van der Waals surface area contributed by atoms with Crippen LogP contribution in [0.25, 0.3) is 0 Å². The first kappa shape index (κ1) is 13.3. The Balaban J connectivity index is 1.70. The van der Waals surface area contributed by atoms with Gasteiger partial charge in [0.25, 0.3) is 0 Å². The van der Waals surface area contributed by atoms with Crippen molar-refractivity contribution in [1.82, 2.24) is 15.3 Å². The highest BCUT2D eigenvalue weighted by Gasteiger charge is 2.24. The van der Waals surface area contributed by atoms with Gasteiger partial charge >= 0.3 is 0 Å². The van der Waals surface area contributed by atoms with Gasteiger partial charge in [-0.2, -0.15) is 0 Å². The molecule has 1 N–H and O–H groups in total. The second-order valence-corrected chi connectivity index (χ2v) is 5.74. The van der Waals surface area contributed by atoms with Crippen molar-refractivity contribution < 1.29 is 0 Å². The molecule has 1 unspecified atom stereocenters. The summed E-state index contributed by atoms with van der Waals surface area (Å²) in [5.41, 5.74) is 3.74. The zero-order valence-electron chi connectivity index (χ0n) is 11.6. The molecular weight excluding hydrogens is 210 g/mol. The van der Waals surface area contributed by atoms with E-state index in [9.17, 15) is 0 Å². The monoisotopic (exact) mass is 239 g/mol. The quantitative estimate of drug-likeness (QED) is 0.810. The molecule has 100 valence electrons. The molecule has 2 heterocycles. The van der Waals surface area contributed by atoms with Gasteiger partial charge < -0.3 is 4.90 Å². The average Bonchev–Trinajstić information content (AvgIpc) is 2.40. The zero-order chi connectivity index (χ0) is 12.1. The lowest BCUT2D eigenvalue weighted by Gasteiger charge is -2.38. The Labute approximate surface area is 107 Å². The first-order valence-electron chi connectivity index (χ1n) is 7.53. The third kappa shape index (κ3) is 3.94. The Bertz CT molecular complexity index is 206. The summed E-state index contributed by atoms with van der Waals surface area (Å²) in [6.07, 6.45) is 6.90.